The van der Waals surface area contributed by atoms with Crippen molar-refractivity contribution in [1.29, 1.82) is 0 Å². The van der Waals surface area contributed by atoms with Crippen LogP contribution in [0, 0.1) is 11.2 Å². The van der Waals surface area contributed by atoms with Crippen LogP contribution in [0.2, 0.25) is 0 Å². The van der Waals surface area contributed by atoms with E-state index >= 15 is 0 Å². The van der Waals surface area contributed by atoms with Gasteiger partial charge in [-0.15, -0.1) is 0 Å². The molecule has 112 valence electrons. The topological polar surface area (TPSA) is 66.5 Å². The van der Waals surface area contributed by atoms with Gasteiger partial charge in [0.2, 0.25) is 5.91 Å². The summed E-state index contributed by atoms with van der Waals surface area (Å²) in [7, 11) is 0. The van der Waals surface area contributed by atoms with Crippen LogP contribution in [0.4, 0.5) is 14.9 Å². The summed E-state index contributed by atoms with van der Waals surface area (Å²) in [5, 5.41) is 2.15. The molecule has 2 rings (SSSR count). The summed E-state index contributed by atoms with van der Waals surface area (Å²) in [4.78, 5) is 37.5. The molecule has 1 aromatic carbocycles. The van der Waals surface area contributed by atoms with Crippen molar-refractivity contribution < 1.29 is 18.8 Å². The number of hydrogen-bond acceptors (Lipinski definition) is 3. The van der Waals surface area contributed by atoms with Crippen molar-refractivity contribution in [3.05, 3.63) is 28.5 Å². The van der Waals surface area contributed by atoms with Crippen LogP contribution < -0.4 is 10.2 Å². The van der Waals surface area contributed by atoms with Crippen molar-refractivity contribution in [2.24, 2.45) is 5.41 Å². The Morgan fingerprint density at radius 1 is 1.24 bits per heavy atom. The molecule has 5 nitrogen and oxygen atoms in total. The smallest absolute Gasteiger partial charge is 0.276 e. The molecule has 7 heteroatoms. The van der Waals surface area contributed by atoms with Crippen molar-refractivity contribution in [3.8, 4) is 0 Å². The second kappa shape index (κ2) is 5.55. The Morgan fingerprint density at radius 2 is 1.86 bits per heavy atom. The molecule has 1 aromatic rings. The van der Waals surface area contributed by atoms with Crippen molar-refractivity contribution in [1.82, 2.24) is 5.32 Å². The van der Waals surface area contributed by atoms with E-state index in [1.54, 1.807) is 13.8 Å². The van der Waals surface area contributed by atoms with E-state index in [9.17, 15) is 18.8 Å². The Hall–Kier alpha value is -1.76. The number of imide groups is 2. The molecule has 1 N–H and O–H groups in total. The molecule has 1 fully saturated rings. The van der Waals surface area contributed by atoms with Crippen LogP contribution in [-0.4, -0.2) is 17.8 Å². The lowest BCUT2D eigenvalue weighted by Gasteiger charge is -2.38. The first-order chi connectivity index (χ1) is 9.89. The fourth-order valence-electron chi connectivity index (χ4n) is 2.46. The number of carbonyl (C=O) groups excluding carboxylic acids is 3. The summed E-state index contributed by atoms with van der Waals surface area (Å²) in [6.45, 7) is 3.37. The number of hydrogen-bond donors (Lipinski definition) is 1. The van der Waals surface area contributed by atoms with E-state index in [4.69, 9.17) is 0 Å². The van der Waals surface area contributed by atoms with E-state index in [1.165, 1.54) is 12.1 Å². The number of benzene rings is 1. The zero-order chi connectivity index (χ0) is 15.8. The number of barbiturate groups is 1. The minimum atomic E-state index is -1.35. The summed E-state index contributed by atoms with van der Waals surface area (Å²) < 4.78 is 14.3. The number of para-hydroxylation sites is 1. The Kier molecular flexibility index (Phi) is 4.13. The van der Waals surface area contributed by atoms with Gasteiger partial charge in [0, 0.05) is 4.47 Å². The van der Waals surface area contributed by atoms with Crippen LogP contribution >= 0.6 is 15.9 Å². The van der Waals surface area contributed by atoms with Gasteiger partial charge in [0.25, 0.3) is 5.91 Å². The average Bonchev–Trinajstić information content (AvgIpc) is 2.43. The van der Waals surface area contributed by atoms with Gasteiger partial charge in [-0.3, -0.25) is 14.9 Å². The van der Waals surface area contributed by atoms with Gasteiger partial charge in [-0.05, 0) is 40.9 Å². The van der Waals surface area contributed by atoms with Gasteiger partial charge in [0.15, 0.2) is 0 Å². The molecule has 0 aromatic heterocycles. The molecule has 1 aliphatic rings. The predicted octanol–water partition coefficient (Wildman–Crippen LogP) is 2.98. The molecule has 0 aliphatic carbocycles. The second-order valence-corrected chi connectivity index (χ2v) is 5.61. The fraction of sp³-hybridized carbons (Fsp3) is 0.357. The van der Waals surface area contributed by atoms with Crippen molar-refractivity contribution in [3.63, 3.8) is 0 Å². The molecule has 0 unspecified atom stereocenters. The van der Waals surface area contributed by atoms with Crippen LogP contribution in [0.25, 0.3) is 0 Å². The molecule has 4 amide bonds. The highest BCUT2D eigenvalue weighted by Gasteiger charge is 2.52. The number of halogens is 2. The third-order valence-corrected chi connectivity index (χ3v) is 4.48. The first-order valence-corrected chi connectivity index (χ1v) is 7.32. The standard InChI is InChI=1S/C14H14BrFN2O3/c1-3-14(4-2)11(19)17-13(21)18(12(14)20)10-8(15)6-5-7-9(10)16/h5-7H,3-4H2,1-2H3,(H,17,19,21). The van der Waals surface area contributed by atoms with E-state index in [-0.39, 0.29) is 23.0 Å². The number of anilines is 1. The predicted molar refractivity (Wildman–Crippen MR) is 78.1 cm³/mol. The Bertz CT molecular complexity index is 608. The molecule has 0 spiro atoms. The third-order valence-electron chi connectivity index (χ3n) is 3.84. The van der Waals surface area contributed by atoms with Crippen LogP contribution in [0.15, 0.2) is 22.7 Å². The number of nitrogens with one attached hydrogen (secondary N) is 1. The molecule has 0 bridgehead atoms. The van der Waals surface area contributed by atoms with E-state index in [0.29, 0.717) is 4.90 Å². The zero-order valence-electron chi connectivity index (χ0n) is 11.6. The van der Waals surface area contributed by atoms with E-state index in [2.05, 4.69) is 21.2 Å². The maximum Gasteiger partial charge on any atom is 0.335 e. The average molecular weight is 357 g/mol. The lowest BCUT2D eigenvalue weighted by atomic mass is 9.78. The molecule has 0 radical (unpaired) electrons. The SMILES string of the molecule is CCC1(CC)C(=O)NC(=O)N(c2c(F)cccc2Br)C1=O. The Labute approximate surface area is 129 Å². The van der Waals surface area contributed by atoms with Crippen molar-refractivity contribution in [2.75, 3.05) is 4.90 Å². The number of rotatable bonds is 3. The van der Waals surface area contributed by atoms with Gasteiger partial charge in [0.1, 0.15) is 16.9 Å². The maximum atomic E-state index is 14.0. The highest BCUT2D eigenvalue weighted by molar-refractivity contribution is 9.10. The highest BCUT2D eigenvalue weighted by atomic mass is 79.9. The largest absolute Gasteiger partial charge is 0.335 e. The highest BCUT2D eigenvalue weighted by Crippen LogP contribution is 2.38. The summed E-state index contributed by atoms with van der Waals surface area (Å²) >= 11 is 3.14. The van der Waals surface area contributed by atoms with Gasteiger partial charge >= 0.3 is 6.03 Å². The molecular weight excluding hydrogens is 343 g/mol. The van der Waals surface area contributed by atoms with E-state index in [1.807, 2.05) is 0 Å². The summed E-state index contributed by atoms with van der Waals surface area (Å²) in [6.07, 6.45) is 0.452. The molecule has 1 saturated heterocycles. The molecular formula is C14H14BrFN2O3. The first kappa shape index (κ1) is 15.6. The number of nitrogens with zero attached hydrogens (tertiary/aromatic N) is 1. The monoisotopic (exact) mass is 356 g/mol. The minimum absolute atomic E-state index is 0.182. The fourth-order valence-corrected chi connectivity index (χ4v) is 2.97. The normalized spacial score (nSPS) is 17.9. The van der Waals surface area contributed by atoms with Crippen molar-refractivity contribution >= 4 is 39.5 Å². The summed E-state index contributed by atoms with van der Waals surface area (Å²) in [5.74, 6) is -2.05. The second-order valence-electron chi connectivity index (χ2n) is 4.76. The molecule has 0 atom stereocenters. The van der Waals surface area contributed by atoms with Gasteiger partial charge in [0.05, 0.1) is 0 Å². The Balaban J connectivity index is 2.61. The maximum absolute atomic E-state index is 14.0. The van der Waals surface area contributed by atoms with E-state index < -0.39 is 29.1 Å². The van der Waals surface area contributed by atoms with Gasteiger partial charge in [-0.2, -0.15) is 0 Å². The molecule has 0 saturated carbocycles. The Morgan fingerprint density at radius 3 is 2.38 bits per heavy atom. The number of amides is 4. The third kappa shape index (κ3) is 2.25. The lowest BCUT2D eigenvalue weighted by molar-refractivity contribution is -0.143. The van der Waals surface area contributed by atoms with Gasteiger partial charge in [-0.25, -0.2) is 14.1 Å². The quantitative estimate of drug-likeness (QED) is 0.846. The van der Waals surface area contributed by atoms with E-state index in [0.717, 1.165) is 6.07 Å². The van der Waals surface area contributed by atoms with Gasteiger partial charge in [-0.1, -0.05) is 19.9 Å². The van der Waals surface area contributed by atoms with Crippen LogP contribution in [0.1, 0.15) is 26.7 Å². The zero-order valence-corrected chi connectivity index (χ0v) is 13.2. The van der Waals surface area contributed by atoms with Gasteiger partial charge < -0.3 is 0 Å². The van der Waals surface area contributed by atoms with Crippen LogP contribution in [0.5, 0.6) is 0 Å². The number of carbonyl (C=O) groups is 3. The molecule has 21 heavy (non-hydrogen) atoms. The number of urea groups is 1. The summed E-state index contributed by atoms with van der Waals surface area (Å²) in [5.41, 5.74) is -1.53. The molecule has 1 heterocycles. The minimum Gasteiger partial charge on any atom is -0.276 e. The molecule has 1 aliphatic heterocycles. The van der Waals surface area contributed by atoms with Crippen LogP contribution in [-0.2, 0) is 9.59 Å². The first-order valence-electron chi connectivity index (χ1n) is 6.53. The van der Waals surface area contributed by atoms with Crippen LogP contribution in [0.3, 0.4) is 0 Å². The van der Waals surface area contributed by atoms with Crippen molar-refractivity contribution in [2.45, 2.75) is 26.7 Å². The lowest BCUT2D eigenvalue weighted by Crippen LogP contribution is -2.64. The summed E-state index contributed by atoms with van der Waals surface area (Å²) in [6, 6.07) is 3.19.